The summed E-state index contributed by atoms with van der Waals surface area (Å²) in [5, 5.41) is 9.01. The molecule has 2 aromatic carbocycles. The maximum absolute atomic E-state index is 12.3. The van der Waals surface area contributed by atoms with E-state index in [9.17, 15) is 9.59 Å². The first-order valence-electron chi connectivity index (χ1n) is 8.18. The van der Waals surface area contributed by atoms with Gasteiger partial charge in [0.15, 0.2) is 0 Å². The standard InChI is InChI=1S/C20H17ClN4O2/c1-13(26)23-14-5-4-6-15(11-14)24-16-9-10-19(22-12-16)25-20(27)17-7-2-3-8-18(17)21/h2-12,24H,1H3,(H,23,26)(H,22,25,27). The minimum atomic E-state index is -0.322. The van der Waals surface area contributed by atoms with Crippen molar-refractivity contribution in [3.63, 3.8) is 0 Å². The second kappa shape index (κ2) is 8.33. The molecule has 0 saturated carbocycles. The summed E-state index contributed by atoms with van der Waals surface area (Å²) in [5.41, 5.74) is 2.63. The van der Waals surface area contributed by atoms with Gasteiger partial charge in [-0.3, -0.25) is 9.59 Å². The summed E-state index contributed by atoms with van der Waals surface area (Å²) in [6.45, 7) is 1.46. The van der Waals surface area contributed by atoms with Crippen LogP contribution in [0.2, 0.25) is 5.02 Å². The average Bonchev–Trinajstić information content (AvgIpc) is 2.63. The van der Waals surface area contributed by atoms with Crippen molar-refractivity contribution in [1.82, 2.24) is 4.98 Å². The normalized spacial score (nSPS) is 10.1. The molecular formula is C20H17ClN4O2. The fourth-order valence-corrected chi connectivity index (χ4v) is 2.64. The SMILES string of the molecule is CC(=O)Nc1cccc(Nc2ccc(NC(=O)c3ccccc3Cl)nc2)c1. The molecule has 3 aromatic rings. The van der Waals surface area contributed by atoms with Gasteiger partial charge in [-0.05, 0) is 42.5 Å². The van der Waals surface area contributed by atoms with Gasteiger partial charge in [0.2, 0.25) is 5.91 Å². The number of aromatic nitrogens is 1. The van der Waals surface area contributed by atoms with Crippen LogP contribution in [0.1, 0.15) is 17.3 Å². The Morgan fingerprint density at radius 1 is 0.889 bits per heavy atom. The quantitative estimate of drug-likeness (QED) is 0.599. The Morgan fingerprint density at radius 3 is 2.37 bits per heavy atom. The fraction of sp³-hybridized carbons (Fsp3) is 0.0500. The van der Waals surface area contributed by atoms with E-state index in [-0.39, 0.29) is 11.8 Å². The molecule has 1 heterocycles. The number of anilines is 4. The van der Waals surface area contributed by atoms with E-state index in [2.05, 4.69) is 20.9 Å². The summed E-state index contributed by atoms with van der Waals surface area (Å²) in [6, 6.07) is 17.6. The van der Waals surface area contributed by atoms with Crippen LogP contribution in [0.4, 0.5) is 22.9 Å². The second-order valence-electron chi connectivity index (χ2n) is 5.75. The topological polar surface area (TPSA) is 83.1 Å². The lowest BCUT2D eigenvalue weighted by atomic mass is 10.2. The number of carbonyl (C=O) groups is 2. The third-order valence-electron chi connectivity index (χ3n) is 3.60. The first-order chi connectivity index (χ1) is 13.0. The van der Waals surface area contributed by atoms with Crippen molar-refractivity contribution in [2.24, 2.45) is 0 Å². The Kier molecular flexibility index (Phi) is 5.68. The maximum atomic E-state index is 12.3. The van der Waals surface area contributed by atoms with E-state index in [0.29, 0.717) is 22.1 Å². The summed E-state index contributed by atoms with van der Waals surface area (Å²) < 4.78 is 0. The van der Waals surface area contributed by atoms with Gasteiger partial charge in [-0.25, -0.2) is 4.98 Å². The minimum absolute atomic E-state index is 0.132. The van der Waals surface area contributed by atoms with Gasteiger partial charge < -0.3 is 16.0 Å². The zero-order valence-corrected chi connectivity index (χ0v) is 15.2. The highest BCUT2D eigenvalue weighted by atomic mass is 35.5. The van der Waals surface area contributed by atoms with E-state index in [1.165, 1.54) is 6.92 Å². The number of amides is 2. The number of carbonyl (C=O) groups excluding carboxylic acids is 2. The van der Waals surface area contributed by atoms with E-state index >= 15 is 0 Å². The number of rotatable bonds is 5. The predicted octanol–water partition coefficient (Wildman–Crippen LogP) is 4.69. The highest BCUT2D eigenvalue weighted by Crippen LogP contribution is 2.21. The van der Waals surface area contributed by atoms with Crippen molar-refractivity contribution >= 4 is 46.3 Å². The third kappa shape index (κ3) is 5.05. The first-order valence-corrected chi connectivity index (χ1v) is 8.56. The number of halogens is 1. The molecule has 7 heteroatoms. The molecule has 0 fully saturated rings. The number of hydrogen-bond acceptors (Lipinski definition) is 4. The summed E-state index contributed by atoms with van der Waals surface area (Å²) >= 11 is 6.03. The van der Waals surface area contributed by atoms with Gasteiger partial charge in [-0.15, -0.1) is 0 Å². The molecule has 3 N–H and O–H groups in total. The molecule has 2 amide bonds. The Morgan fingerprint density at radius 2 is 1.67 bits per heavy atom. The molecule has 0 aliphatic heterocycles. The predicted molar refractivity (Wildman–Crippen MR) is 108 cm³/mol. The van der Waals surface area contributed by atoms with Crippen LogP contribution in [0, 0.1) is 0 Å². The highest BCUT2D eigenvalue weighted by molar-refractivity contribution is 6.34. The molecule has 6 nitrogen and oxygen atoms in total. The molecule has 0 unspecified atom stereocenters. The third-order valence-corrected chi connectivity index (χ3v) is 3.92. The number of hydrogen-bond donors (Lipinski definition) is 3. The van der Waals surface area contributed by atoms with Crippen LogP contribution in [-0.2, 0) is 4.79 Å². The average molecular weight is 381 g/mol. The number of nitrogens with zero attached hydrogens (tertiary/aromatic N) is 1. The van der Waals surface area contributed by atoms with Crippen LogP contribution in [0.15, 0.2) is 66.9 Å². The molecule has 1 aromatic heterocycles. The summed E-state index contributed by atoms with van der Waals surface area (Å²) in [4.78, 5) is 27.6. The number of nitrogens with one attached hydrogen (secondary N) is 3. The number of pyridine rings is 1. The van der Waals surface area contributed by atoms with Gasteiger partial charge in [0.25, 0.3) is 5.91 Å². The van der Waals surface area contributed by atoms with Gasteiger partial charge in [0, 0.05) is 18.3 Å². The molecule has 0 atom stereocenters. The van der Waals surface area contributed by atoms with Crippen LogP contribution in [0.25, 0.3) is 0 Å². The Bertz CT molecular complexity index is 974. The van der Waals surface area contributed by atoms with E-state index in [0.717, 1.165) is 11.4 Å². The fourth-order valence-electron chi connectivity index (χ4n) is 2.42. The molecule has 0 bridgehead atoms. The molecular weight excluding hydrogens is 364 g/mol. The molecule has 0 radical (unpaired) electrons. The smallest absolute Gasteiger partial charge is 0.258 e. The lowest BCUT2D eigenvalue weighted by Crippen LogP contribution is -2.13. The largest absolute Gasteiger partial charge is 0.354 e. The Labute approximate surface area is 161 Å². The Hall–Kier alpha value is -3.38. The summed E-state index contributed by atoms with van der Waals surface area (Å²) in [7, 11) is 0. The minimum Gasteiger partial charge on any atom is -0.354 e. The Balaban J connectivity index is 1.66. The van der Waals surface area contributed by atoms with Crippen LogP contribution in [0.5, 0.6) is 0 Å². The molecule has 0 aliphatic carbocycles. The lowest BCUT2D eigenvalue weighted by Gasteiger charge is -2.10. The summed E-state index contributed by atoms with van der Waals surface area (Å²) in [5.74, 6) is -0.0401. The van der Waals surface area contributed by atoms with E-state index < -0.39 is 0 Å². The monoisotopic (exact) mass is 380 g/mol. The second-order valence-corrected chi connectivity index (χ2v) is 6.16. The zero-order valence-electron chi connectivity index (χ0n) is 14.5. The van der Waals surface area contributed by atoms with Crippen molar-refractivity contribution < 1.29 is 9.59 Å². The van der Waals surface area contributed by atoms with Crippen molar-refractivity contribution in [1.29, 1.82) is 0 Å². The molecule has 136 valence electrons. The van der Waals surface area contributed by atoms with E-state index in [1.807, 2.05) is 18.2 Å². The summed E-state index contributed by atoms with van der Waals surface area (Å²) in [6.07, 6.45) is 1.60. The van der Waals surface area contributed by atoms with E-state index in [4.69, 9.17) is 11.6 Å². The zero-order chi connectivity index (χ0) is 19.2. The first kappa shape index (κ1) is 18.4. The van der Waals surface area contributed by atoms with Gasteiger partial charge in [0.05, 0.1) is 22.5 Å². The van der Waals surface area contributed by atoms with Gasteiger partial charge in [-0.2, -0.15) is 0 Å². The lowest BCUT2D eigenvalue weighted by molar-refractivity contribution is -0.114. The van der Waals surface area contributed by atoms with Crippen LogP contribution < -0.4 is 16.0 Å². The van der Waals surface area contributed by atoms with Crippen LogP contribution >= 0.6 is 11.6 Å². The van der Waals surface area contributed by atoms with Crippen LogP contribution in [-0.4, -0.2) is 16.8 Å². The number of benzene rings is 2. The van der Waals surface area contributed by atoms with Crippen LogP contribution in [0.3, 0.4) is 0 Å². The van der Waals surface area contributed by atoms with E-state index in [1.54, 1.807) is 48.7 Å². The highest BCUT2D eigenvalue weighted by Gasteiger charge is 2.10. The molecule has 27 heavy (non-hydrogen) atoms. The van der Waals surface area contributed by atoms with Crippen molar-refractivity contribution in [2.75, 3.05) is 16.0 Å². The molecule has 0 aliphatic rings. The molecule has 0 saturated heterocycles. The van der Waals surface area contributed by atoms with Gasteiger partial charge >= 0.3 is 0 Å². The van der Waals surface area contributed by atoms with Crippen molar-refractivity contribution in [2.45, 2.75) is 6.92 Å². The van der Waals surface area contributed by atoms with Gasteiger partial charge in [-0.1, -0.05) is 29.8 Å². The molecule has 0 spiro atoms. The molecule has 3 rings (SSSR count). The maximum Gasteiger partial charge on any atom is 0.258 e. The van der Waals surface area contributed by atoms with Crippen molar-refractivity contribution in [3.05, 3.63) is 77.4 Å². The van der Waals surface area contributed by atoms with Gasteiger partial charge in [0.1, 0.15) is 5.82 Å². The van der Waals surface area contributed by atoms with Crippen molar-refractivity contribution in [3.8, 4) is 0 Å².